The van der Waals surface area contributed by atoms with Crippen LogP contribution >= 0.6 is 0 Å². The van der Waals surface area contributed by atoms with E-state index in [1.54, 1.807) is 41.2 Å². The fourth-order valence-corrected chi connectivity index (χ4v) is 7.49. The van der Waals surface area contributed by atoms with Crippen LogP contribution in [0.3, 0.4) is 0 Å². The van der Waals surface area contributed by atoms with Crippen molar-refractivity contribution in [1.29, 1.82) is 0 Å². The van der Waals surface area contributed by atoms with Gasteiger partial charge in [0.1, 0.15) is 5.75 Å². The van der Waals surface area contributed by atoms with Crippen LogP contribution in [-0.4, -0.2) is 96.3 Å². The molecule has 0 aromatic heterocycles. The van der Waals surface area contributed by atoms with E-state index >= 15 is 0 Å². The van der Waals surface area contributed by atoms with Gasteiger partial charge >= 0.3 is 0 Å². The smallest absolute Gasteiger partial charge is 0.261 e. The van der Waals surface area contributed by atoms with Gasteiger partial charge in [-0.1, -0.05) is 72.8 Å². The number of amides is 5. The van der Waals surface area contributed by atoms with Crippen molar-refractivity contribution in [1.82, 2.24) is 20.0 Å². The second-order valence-corrected chi connectivity index (χ2v) is 14.0. The largest absolute Gasteiger partial charge is 0.493 e. The first-order valence-electron chi connectivity index (χ1n) is 18.5. The Hall–Kier alpha value is -5.81. The number of hydrogen-bond acceptors (Lipinski definition) is 7. The number of benzene rings is 4. The normalized spacial score (nSPS) is 15.4. The summed E-state index contributed by atoms with van der Waals surface area (Å²) in [6.45, 7) is 1.89. The van der Waals surface area contributed by atoms with Gasteiger partial charge < -0.3 is 24.6 Å². The molecule has 278 valence electrons. The van der Waals surface area contributed by atoms with E-state index < -0.39 is 24.0 Å². The number of imide groups is 1. The fourth-order valence-electron chi connectivity index (χ4n) is 7.49. The van der Waals surface area contributed by atoms with Crippen LogP contribution < -0.4 is 10.1 Å². The van der Waals surface area contributed by atoms with Crippen LogP contribution in [0.2, 0.25) is 0 Å². The van der Waals surface area contributed by atoms with Crippen molar-refractivity contribution < 1.29 is 33.4 Å². The van der Waals surface area contributed by atoms with Crippen molar-refractivity contribution in [2.24, 2.45) is 0 Å². The van der Waals surface area contributed by atoms with Crippen LogP contribution in [0.1, 0.15) is 66.2 Å². The molecule has 0 fully saturated rings. The van der Waals surface area contributed by atoms with Crippen LogP contribution in [0.15, 0.2) is 97.1 Å². The zero-order chi connectivity index (χ0) is 37.6. The summed E-state index contributed by atoms with van der Waals surface area (Å²) in [5, 5.41) is 3.11. The number of hydrogen-bond donors (Lipinski definition) is 1. The third-order valence-corrected chi connectivity index (χ3v) is 10.5. The predicted octanol–water partition coefficient (Wildman–Crippen LogP) is 4.47. The van der Waals surface area contributed by atoms with Gasteiger partial charge in [-0.2, -0.15) is 0 Å². The second-order valence-electron chi connectivity index (χ2n) is 14.0. The lowest BCUT2D eigenvalue weighted by Crippen LogP contribution is -2.52. The third-order valence-electron chi connectivity index (χ3n) is 10.5. The van der Waals surface area contributed by atoms with Crippen LogP contribution in [0, 0.1) is 0 Å². The van der Waals surface area contributed by atoms with Crippen molar-refractivity contribution in [3.63, 3.8) is 0 Å². The van der Waals surface area contributed by atoms with Gasteiger partial charge in [0.25, 0.3) is 17.7 Å². The minimum absolute atomic E-state index is 0.0674. The van der Waals surface area contributed by atoms with E-state index in [-0.39, 0.29) is 50.2 Å². The maximum atomic E-state index is 14.1. The lowest BCUT2D eigenvalue weighted by molar-refractivity contribution is -0.133. The topological polar surface area (TPSA) is 126 Å². The number of carbonyl (C=O) groups excluding carboxylic acids is 5. The SMILES string of the molecule is COC(CN(CCc1ccc2c(c1)OCC2)C(=O)CCN1Cc2ccccc2C1=O)[C@H](Cc1ccccc1)NC(=O)CCN1C(=O)c2ccccc2C1=O. The zero-order valence-electron chi connectivity index (χ0n) is 30.4. The number of nitrogens with one attached hydrogen (secondary N) is 1. The molecule has 0 radical (unpaired) electrons. The fraction of sp³-hybridized carbons (Fsp3) is 0.326. The van der Waals surface area contributed by atoms with Gasteiger partial charge in [-0.05, 0) is 59.4 Å². The van der Waals surface area contributed by atoms with Gasteiger partial charge in [0, 0.05) is 64.7 Å². The Bertz CT molecular complexity index is 2020. The first-order chi connectivity index (χ1) is 26.3. The summed E-state index contributed by atoms with van der Waals surface area (Å²) in [6, 6.07) is 29.5. The number of ether oxygens (including phenoxy) is 2. The second kappa shape index (κ2) is 16.5. The van der Waals surface area contributed by atoms with Crippen molar-refractivity contribution in [3.8, 4) is 5.75 Å². The Balaban J connectivity index is 1.06. The average Bonchev–Trinajstić information content (AvgIpc) is 3.87. The molecule has 3 aliphatic heterocycles. The molecule has 0 aliphatic carbocycles. The molecule has 1 N–H and O–H groups in total. The predicted molar refractivity (Wildman–Crippen MR) is 201 cm³/mol. The molecule has 2 atom stereocenters. The molecule has 0 spiro atoms. The number of methoxy groups -OCH3 is 1. The molecule has 11 heteroatoms. The van der Waals surface area contributed by atoms with Crippen LogP contribution in [0.5, 0.6) is 5.75 Å². The summed E-state index contributed by atoms with van der Waals surface area (Å²) in [4.78, 5) is 71.2. The number of nitrogens with zero attached hydrogens (tertiary/aromatic N) is 3. The first-order valence-corrected chi connectivity index (χ1v) is 18.5. The van der Waals surface area contributed by atoms with Gasteiger partial charge in [0.15, 0.2) is 0 Å². The lowest BCUT2D eigenvalue weighted by Gasteiger charge is -2.33. The molecule has 0 bridgehead atoms. The molecule has 3 aliphatic rings. The molecule has 1 unspecified atom stereocenters. The minimum Gasteiger partial charge on any atom is -0.493 e. The Kier molecular flexibility index (Phi) is 11.1. The summed E-state index contributed by atoms with van der Waals surface area (Å²) >= 11 is 0. The summed E-state index contributed by atoms with van der Waals surface area (Å²) in [5.41, 5.74) is 5.46. The summed E-state index contributed by atoms with van der Waals surface area (Å²) in [5.74, 6) is -0.514. The highest BCUT2D eigenvalue weighted by atomic mass is 16.5. The summed E-state index contributed by atoms with van der Waals surface area (Å²) in [7, 11) is 1.56. The Labute approximate surface area is 314 Å². The Morgan fingerprint density at radius 1 is 0.796 bits per heavy atom. The summed E-state index contributed by atoms with van der Waals surface area (Å²) in [6.07, 6.45) is 1.29. The van der Waals surface area contributed by atoms with E-state index in [0.717, 1.165) is 33.8 Å². The molecule has 5 amide bonds. The van der Waals surface area contributed by atoms with E-state index in [0.29, 0.717) is 49.2 Å². The maximum absolute atomic E-state index is 14.1. The molecule has 4 aromatic carbocycles. The van der Waals surface area contributed by atoms with E-state index in [4.69, 9.17) is 9.47 Å². The Morgan fingerprint density at radius 2 is 1.50 bits per heavy atom. The molecule has 54 heavy (non-hydrogen) atoms. The van der Waals surface area contributed by atoms with Crippen LogP contribution in [0.25, 0.3) is 0 Å². The molecular formula is C43H44N4O7. The zero-order valence-corrected chi connectivity index (χ0v) is 30.4. The van der Waals surface area contributed by atoms with Crippen molar-refractivity contribution in [2.75, 3.05) is 39.9 Å². The molecule has 7 rings (SSSR count). The lowest BCUT2D eigenvalue weighted by atomic mass is 9.99. The van der Waals surface area contributed by atoms with E-state index in [9.17, 15) is 24.0 Å². The van der Waals surface area contributed by atoms with Gasteiger partial charge in [-0.3, -0.25) is 28.9 Å². The van der Waals surface area contributed by atoms with E-state index in [1.165, 1.54) is 5.56 Å². The third kappa shape index (κ3) is 8.06. The molecule has 11 nitrogen and oxygen atoms in total. The molecule has 0 saturated carbocycles. The van der Waals surface area contributed by atoms with Crippen molar-refractivity contribution in [2.45, 2.75) is 50.8 Å². The van der Waals surface area contributed by atoms with Gasteiger partial charge in [0.2, 0.25) is 11.8 Å². The van der Waals surface area contributed by atoms with Crippen LogP contribution in [0.4, 0.5) is 0 Å². The molecule has 0 saturated heterocycles. The van der Waals surface area contributed by atoms with Crippen molar-refractivity contribution >= 4 is 29.5 Å². The maximum Gasteiger partial charge on any atom is 0.261 e. The van der Waals surface area contributed by atoms with E-state index in [2.05, 4.69) is 17.4 Å². The van der Waals surface area contributed by atoms with Crippen molar-refractivity contribution in [3.05, 3.63) is 136 Å². The monoisotopic (exact) mass is 728 g/mol. The highest BCUT2D eigenvalue weighted by Gasteiger charge is 2.36. The Morgan fingerprint density at radius 3 is 2.22 bits per heavy atom. The van der Waals surface area contributed by atoms with E-state index in [1.807, 2.05) is 60.7 Å². The van der Waals surface area contributed by atoms with Gasteiger partial charge in [0.05, 0.1) is 29.9 Å². The average molecular weight is 729 g/mol. The van der Waals surface area contributed by atoms with Gasteiger partial charge in [-0.25, -0.2) is 0 Å². The number of carbonyl (C=O) groups is 5. The number of rotatable bonds is 16. The van der Waals surface area contributed by atoms with Crippen LogP contribution in [-0.2, 0) is 40.1 Å². The molecular weight excluding hydrogens is 684 g/mol. The highest BCUT2D eigenvalue weighted by Crippen LogP contribution is 2.27. The number of fused-ring (bicyclic) bond motifs is 3. The highest BCUT2D eigenvalue weighted by molar-refractivity contribution is 6.21. The molecule has 3 heterocycles. The minimum atomic E-state index is -0.613. The quantitative estimate of drug-likeness (QED) is 0.169. The van der Waals surface area contributed by atoms with Gasteiger partial charge in [-0.15, -0.1) is 0 Å². The first kappa shape index (κ1) is 36.5. The summed E-state index contributed by atoms with van der Waals surface area (Å²) < 4.78 is 11.9. The molecule has 4 aromatic rings. The standard InChI is InChI=1S/C43H44N4O7/c1-53-38(36(25-29-9-3-2-4-10-29)44-39(48)18-23-47-42(51)34-13-7-8-14-35(34)43(47)52)28-45(21-17-30-15-16-31-20-24-54-37(31)26-30)40(49)19-22-46-27-32-11-5-6-12-33(32)41(46)50/h2-16,26,36,38H,17-25,27-28H2,1H3,(H,44,48)/t36-,38?/m0/s1.